The Morgan fingerprint density at radius 1 is 0.964 bits per heavy atom. The molecule has 3 rings (SSSR count). The second-order valence-corrected chi connectivity index (χ2v) is 6.24. The summed E-state index contributed by atoms with van der Waals surface area (Å²) in [6.45, 7) is 6.07. The third kappa shape index (κ3) is 4.85. The lowest BCUT2D eigenvalue weighted by molar-refractivity contribution is 0.102. The Kier molecular flexibility index (Phi) is 6.22. The van der Waals surface area contributed by atoms with Crippen molar-refractivity contribution in [2.45, 2.75) is 13.8 Å². The highest BCUT2D eigenvalue weighted by molar-refractivity contribution is 6.03. The van der Waals surface area contributed by atoms with Crippen LogP contribution >= 0.6 is 0 Å². The molecule has 28 heavy (non-hydrogen) atoms. The van der Waals surface area contributed by atoms with E-state index in [-0.39, 0.29) is 17.4 Å². The molecule has 5 nitrogen and oxygen atoms in total. The molecule has 0 saturated heterocycles. The maximum Gasteiger partial charge on any atom is 0.274 e. The molecule has 0 saturated carbocycles. The summed E-state index contributed by atoms with van der Waals surface area (Å²) in [4.78, 5) is 18.9. The van der Waals surface area contributed by atoms with E-state index in [1.807, 2.05) is 24.3 Å². The number of rotatable bonds is 7. The summed E-state index contributed by atoms with van der Waals surface area (Å²) in [7, 11) is 0. The first-order valence-electron chi connectivity index (χ1n) is 9.24. The molecule has 0 aliphatic heterocycles. The van der Waals surface area contributed by atoms with E-state index in [1.54, 1.807) is 30.5 Å². The maximum atomic E-state index is 13.3. The van der Waals surface area contributed by atoms with Gasteiger partial charge in [0.05, 0.1) is 0 Å². The number of hydrogen-bond donors (Lipinski definition) is 2. The van der Waals surface area contributed by atoms with E-state index in [9.17, 15) is 9.18 Å². The number of carbonyl (C=O) groups excluding carboxylic acids is 1. The molecule has 0 atom stereocenters. The summed E-state index contributed by atoms with van der Waals surface area (Å²) < 4.78 is 13.3. The van der Waals surface area contributed by atoms with Crippen LogP contribution < -0.4 is 15.5 Å². The summed E-state index contributed by atoms with van der Waals surface area (Å²) in [5.41, 5.74) is 3.34. The molecule has 1 heterocycles. The summed E-state index contributed by atoms with van der Waals surface area (Å²) in [6.07, 6.45) is 1.54. The minimum Gasteiger partial charge on any atom is -0.372 e. The van der Waals surface area contributed by atoms with Crippen molar-refractivity contribution in [3.63, 3.8) is 0 Å². The summed E-state index contributed by atoms with van der Waals surface area (Å²) in [5, 5.41) is 5.92. The number of carbonyl (C=O) groups is 1. The molecule has 1 aromatic heterocycles. The number of amides is 1. The molecule has 0 spiro atoms. The smallest absolute Gasteiger partial charge is 0.274 e. The molecule has 0 bridgehead atoms. The lowest BCUT2D eigenvalue weighted by Crippen LogP contribution is -2.21. The van der Waals surface area contributed by atoms with Gasteiger partial charge in [0.15, 0.2) is 0 Å². The quantitative estimate of drug-likeness (QED) is 0.603. The Labute approximate surface area is 164 Å². The first-order valence-corrected chi connectivity index (χ1v) is 9.24. The van der Waals surface area contributed by atoms with Crippen molar-refractivity contribution >= 4 is 28.7 Å². The second kappa shape index (κ2) is 8.99. The van der Waals surface area contributed by atoms with Crippen molar-refractivity contribution in [2.75, 3.05) is 28.6 Å². The van der Waals surface area contributed by atoms with E-state index in [4.69, 9.17) is 0 Å². The van der Waals surface area contributed by atoms with Crippen LogP contribution in [-0.4, -0.2) is 24.0 Å². The molecule has 6 heteroatoms. The number of aromatic nitrogens is 1. The lowest BCUT2D eigenvalue weighted by atomic mass is 10.2. The fourth-order valence-corrected chi connectivity index (χ4v) is 2.90. The maximum absolute atomic E-state index is 13.3. The lowest BCUT2D eigenvalue weighted by Gasteiger charge is -2.21. The number of anilines is 4. The molecule has 1 amide bonds. The average Bonchev–Trinajstić information content (AvgIpc) is 2.70. The minimum absolute atomic E-state index is 0.272. The number of nitrogens with zero attached hydrogens (tertiary/aromatic N) is 2. The van der Waals surface area contributed by atoms with Crippen molar-refractivity contribution in [1.82, 2.24) is 4.98 Å². The van der Waals surface area contributed by atoms with Gasteiger partial charge >= 0.3 is 0 Å². The Morgan fingerprint density at radius 3 is 2.36 bits per heavy atom. The van der Waals surface area contributed by atoms with Gasteiger partial charge in [-0.1, -0.05) is 6.07 Å². The van der Waals surface area contributed by atoms with Gasteiger partial charge in [-0.2, -0.15) is 0 Å². The molecule has 3 aromatic rings. The van der Waals surface area contributed by atoms with Crippen molar-refractivity contribution in [2.24, 2.45) is 0 Å². The van der Waals surface area contributed by atoms with Gasteiger partial charge in [0.1, 0.15) is 11.5 Å². The van der Waals surface area contributed by atoms with Gasteiger partial charge in [-0.15, -0.1) is 0 Å². The van der Waals surface area contributed by atoms with E-state index in [1.165, 1.54) is 12.1 Å². The number of nitrogens with one attached hydrogen (secondary N) is 2. The number of hydrogen-bond acceptors (Lipinski definition) is 4. The first kappa shape index (κ1) is 19.4. The highest BCUT2D eigenvalue weighted by Gasteiger charge is 2.10. The molecular formula is C22H23FN4O. The average molecular weight is 378 g/mol. The summed E-state index contributed by atoms with van der Waals surface area (Å²) >= 11 is 0. The predicted molar refractivity (Wildman–Crippen MR) is 112 cm³/mol. The third-order valence-electron chi connectivity index (χ3n) is 4.36. The summed E-state index contributed by atoms with van der Waals surface area (Å²) in [5.74, 6) is -0.635. The van der Waals surface area contributed by atoms with Crippen LogP contribution in [0.2, 0.25) is 0 Å². The minimum atomic E-state index is -0.329. The van der Waals surface area contributed by atoms with Gasteiger partial charge in [-0.3, -0.25) is 9.78 Å². The molecule has 2 N–H and O–H groups in total. The van der Waals surface area contributed by atoms with Crippen LogP contribution in [0, 0.1) is 5.82 Å². The molecule has 0 radical (unpaired) electrons. The predicted octanol–water partition coefficient (Wildman–Crippen LogP) is 5.06. The fourth-order valence-electron chi connectivity index (χ4n) is 2.90. The molecular weight excluding hydrogens is 355 g/mol. The van der Waals surface area contributed by atoms with Gasteiger partial charge in [0.2, 0.25) is 0 Å². The van der Waals surface area contributed by atoms with E-state index in [2.05, 4.69) is 34.4 Å². The monoisotopic (exact) mass is 378 g/mol. The SMILES string of the molecule is CCN(CC)c1ccc(NC(=O)c2cc(Nc3cccc(F)c3)ccn2)cc1. The number of halogens is 1. The van der Waals surface area contributed by atoms with Crippen LogP contribution in [0.15, 0.2) is 66.9 Å². The topological polar surface area (TPSA) is 57.3 Å². The summed E-state index contributed by atoms with van der Waals surface area (Å²) in [6, 6.07) is 17.2. The zero-order valence-corrected chi connectivity index (χ0v) is 15.9. The molecule has 0 aliphatic carbocycles. The Bertz CT molecular complexity index is 939. The van der Waals surface area contributed by atoms with E-state index in [0.29, 0.717) is 17.1 Å². The van der Waals surface area contributed by atoms with Crippen LogP contribution in [0.3, 0.4) is 0 Å². The largest absolute Gasteiger partial charge is 0.372 e. The van der Waals surface area contributed by atoms with Crippen molar-refractivity contribution < 1.29 is 9.18 Å². The van der Waals surface area contributed by atoms with Crippen LogP contribution in [0.4, 0.5) is 27.1 Å². The van der Waals surface area contributed by atoms with E-state index >= 15 is 0 Å². The normalized spacial score (nSPS) is 10.4. The van der Waals surface area contributed by atoms with Gasteiger partial charge < -0.3 is 15.5 Å². The third-order valence-corrected chi connectivity index (χ3v) is 4.36. The Morgan fingerprint density at radius 2 is 1.68 bits per heavy atom. The zero-order chi connectivity index (χ0) is 19.9. The Hall–Kier alpha value is -3.41. The number of benzene rings is 2. The number of pyridine rings is 1. The van der Waals surface area contributed by atoms with Crippen LogP contribution in [0.1, 0.15) is 24.3 Å². The van der Waals surface area contributed by atoms with E-state index < -0.39 is 0 Å². The Balaban J connectivity index is 1.69. The molecule has 0 unspecified atom stereocenters. The van der Waals surface area contributed by atoms with Gasteiger partial charge in [0.25, 0.3) is 5.91 Å². The highest BCUT2D eigenvalue weighted by Crippen LogP contribution is 2.20. The fraction of sp³-hybridized carbons (Fsp3) is 0.182. The van der Waals surface area contributed by atoms with Crippen LogP contribution in [0.5, 0.6) is 0 Å². The molecule has 144 valence electrons. The van der Waals surface area contributed by atoms with E-state index in [0.717, 1.165) is 18.8 Å². The van der Waals surface area contributed by atoms with Crippen LogP contribution in [-0.2, 0) is 0 Å². The highest BCUT2D eigenvalue weighted by atomic mass is 19.1. The zero-order valence-electron chi connectivity index (χ0n) is 15.9. The standard InChI is InChI=1S/C22H23FN4O/c1-3-27(4-2)20-10-8-17(9-11-20)26-22(28)21-15-19(12-13-24-21)25-18-7-5-6-16(23)14-18/h5-15H,3-4H2,1-2H3,(H,24,25)(H,26,28). The molecule has 2 aromatic carbocycles. The van der Waals surface area contributed by atoms with Gasteiger partial charge in [-0.25, -0.2) is 4.39 Å². The molecule has 0 fully saturated rings. The van der Waals surface area contributed by atoms with Crippen molar-refractivity contribution in [3.8, 4) is 0 Å². The van der Waals surface area contributed by atoms with Gasteiger partial charge in [-0.05, 0) is 68.4 Å². The van der Waals surface area contributed by atoms with Crippen molar-refractivity contribution in [3.05, 3.63) is 78.4 Å². The first-order chi connectivity index (χ1) is 13.6. The molecule has 0 aliphatic rings. The van der Waals surface area contributed by atoms with Crippen LogP contribution in [0.25, 0.3) is 0 Å². The van der Waals surface area contributed by atoms with Gasteiger partial charge in [0, 0.05) is 42.0 Å². The van der Waals surface area contributed by atoms with Crippen molar-refractivity contribution in [1.29, 1.82) is 0 Å². The second-order valence-electron chi connectivity index (χ2n) is 6.24.